The highest BCUT2D eigenvalue weighted by Crippen LogP contribution is 2.14. The van der Waals surface area contributed by atoms with E-state index < -0.39 is 0 Å². The van der Waals surface area contributed by atoms with Gasteiger partial charge in [-0.3, -0.25) is 9.59 Å². The molecule has 0 bridgehead atoms. The predicted molar refractivity (Wildman–Crippen MR) is 56.0 cm³/mol. The Hall–Kier alpha value is -1.76. The molecule has 7 heteroatoms. The molecule has 0 unspecified atom stereocenters. The summed E-state index contributed by atoms with van der Waals surface area (Å²) in [5, 5.41) is 7.98. The Morgan fingerprint density at radius 1 is 1.73 bits per heavy atom. The molecule has 0 saturated heterocycles. The maximum Gasteiger partial charge on any atom is 0.213 e. The Labute approximate surface area is 90.0 Å². The normalized spacial score (nSPS) is 10.9. The highest BCUT2D eigenvalue weighted by atomic mass is 32.1. The Bertz CT molecular complexity index is 375. The fourth-order valence-corrected chi connectivity index (χ4v) is 1.43. The molecular weight excluding hydrogens is 218 g/mol. The second-order valence-electron chi connectivity index (χ2n) is 2.31. The zero-order valence-electron chi connectivity index (χ0n) is 7.97. The number of oxime groups is 1. The first-order valence-electron chi connectivity index (χ1n) is 4.13. The van der Waals surface area contributed by atoms with Crippen LogP contribution in [0.2, 0.25) is 0 Å². The second kappa shape index (κ2) is 5.86. The van der Waals surface area contributed by atoms with Crippen molar-refractivity contribution in [1.29, 1.82) is 0 Å². The number of carbonyl (C=O) groups excluding carboxylic acids is 2. The molecule has 0 radical (unpaired) electrons. The van der Waals surface area contributed by atoms with Crippen LogP contribution in [0.4, 0.5) is 5.13 Å². The summed E-state index contributed by atoms with van der Waals surface area (Å²) < 4.78 is 0. The van der Waals surface area contributed by atoms with E-state index in [9.17, 15) is 9.59 Å². The molecule has 1 aromatic rings. The van der Waals surface area contributed by atoms with Crippen LogP contribution in [0.5, 0.6) is 0 Å². The zero-order valence-corrected chi connectivity index (χ0v) is 8.78. The Morgan fingerprint density at radius 3 is 3.13 bits per heavy atom. The Balaban J connectivity index is 2.82. The summed E-state index contributed by atoms with van der Waals surface area (Å²) in [5.41, 5.74) is 0.486. The molecule has 0 aliphatic rings. The first kappa shape index (κ1) is 11.3. The van der Waals surface area contributed by atoms with Gasteiger partial charge in [0.2, 0.25) is 6.41 Å². The van der Waals surface area contributed by atoms with Crippen molar-refractivity contribution >= 4 is 34.9 Å². The van der Waals surface area contributed by atoms with E-state index in [0.29, 0.717) is 30.1 Å². The van der Waals surface area contributed by atoms with Crippen LogP contribution in [0.15, 0.2) is 10.5 Å². The monoisotopic (exact) mass is 227 g/mol. The summed E-state index contributed by atoms with van der Waals surface area (Å²) in [6.07, 6.45) is 1.07. The van der Waals surface area contributed by atoms with Crippen LogP contribution < -0.4 is 5.32 Å². The van der Waals surface area contributed by atoms with Gasteiger partial charge in [0.1, 0.15) is 12.3 Å². The van der Waals surface area contributed by atoms with Crippen molar-refractivity contribution in [1.82, 2.24) is 4.98 Å². The number of nitrogens with one attached hydrogen (secondary N) is 1. The molecule has 1 aromatic heterocycles. The molecule has 80 valence electrons. The van der Waals surface area contributed by atoms with Gasteiger partial charge in [-0.1, -0.05) is 5.16 Å². The van der Waals surface area contributed by atoms with Gasteiger partial charge in [0.15, 0.2) is 17.1 Å². The molecule has 1 N–H and O–H groups in total. The summed E-state index contributed by atoms with van der Waals surface area (Å²) in [4.78, 5) is 29.5. The minimum absolute atomic E-state index is 0.104. The molecule has 6 nitrogen and oxygen atoms in total. The van der Waals surface area contributed by atoms with E-state index in [-0.39, 0.29) is 5.71 Å². The van der Waals surface area contributed by atoms with Crippen molar-refractivity contribution in [2.24, 2.45) is 5.16 Å². The van der Waals surface area contributed by atoms with E-state index in [1.165, 1.54) is 11.3 Å². The number of hydrogen-bond donors (Lipinski definition) is 1. The smallest absolute Gasteiger partial charge is 0.213 e. The lowest BCUT2D eigenvalue weighted by molar-refractivity contribution is -0.105. The van der Waals surface area contributed by atoms with Crippen LogP contribution in [0.1, 0.15) is 12.6 Å². The van der Waals surface area contributed by atoms with Gasteiger partial charge in [0.25, 0.3) is 0 Å². The molecule has 0 atom stereocenters. The molecular formula is C8H9N3O3S. The van der Waals surface area contributed by atoms with Crippen molar-refractivity contribution in [2.45, 2.75) is 6.92 Å². The number of aldehydes is 1. The highest BCUT2D eigenvalue weighted by molar-refractivity contribution is 7.14. The van der Waals surface area contributed by atoms with E-state index in [4.69, 9.17) is 4.84 Å². The van der Waals surface area contributed by atoms with Gasteiger partial charge in [-0.05, 0) is 6.92 Å². The van der Waals surface area contributed by atoms with Crippen LogP contribution in [0, 0.1) is 0 Å². The largest absolute Gasteiger partial charge is 0.395 e. The molecule has 0 aliphatic carbocycles. The topological polar surface area (TPSA) is 80.6 Å². The van der Waals surface area contributed by atoms with Gasteiger partial charge in [-0.25, -0.2) is 4.98 Å². The number of hydrogen-bond acceptors (Lipinski definition) is 6. The van der Waals surface area contributed by atoms with E-state index in [1.54, 1.807) is 12.3 Å². The summed E-state index contributed by atoms with van der Waals surface area (Å²) in [5.74, 6) is 0. The van der Waals surface area contributed by atoms with Crippen molar-refractivity contribution in [2.75, 3.05) is 11.9 Å². The summed E-state index contributed by atoms with van der Waals surface area (Å²) in [7, 11) is 0. The number of anilines is 1. The van der Waals surface area contributed by atoms with Crippen LogP contribution in [-0.4, -0.2) is 30.0 Å². The molecule has 1 rings (SSSR count). The quantitative estimate of drug-likeness (QED) is 0.439. The van der Waals surface area contributed by atoms with Crippen LogP contribution >= 0.6 is 11.3 Å². The standard InChI is InChI=1S/C8H9N3O3S/c1-2-14-11-6(3-12)7-4-15-8(10-7)9-5-13/h3-5H,2H2,1H3,(H,9,10,13). The minimum atomic E-state index is 0.104. The number of rotatable bonds is 6. The Kier molecular flexibility index (Phi) is 4.42. The molecule has 1 heterocycles. The average molecular weight is 227 g/mol. The summed E-state index contributed by atoms with van der Waals surface area (Å²) in [6, 6.07) is 0. The van der Waals surface area contributed by atoms with Gasteiger partial charge in [-0.2, -0.15) is 0 Å². The lowest BCUT2D eigenvalue weighted by Crippen LogP contribution is -2.04. The van der Waals surface area contributed by atoms with E-state index in [0.717, 1.165) is 0 Å². The fraction of sp³-hybridized carbons (Fsp3) is 0.250. The number of nitrogens with zero attached hydrogens (tertiary/aromatic N) is 2. The SMILES string of the molecule is CCON=C(C=O)c1csc(NC=O)n1. The van der Waals surface area contributed by atoms with E-state index >= 15 is 0 Å². The van der Waals surface area contributed by atoms with Crippen molar-refractivity contribution in [3.8, 4) is 0 Å². The van der Waals surface area contributed by atoms with Crippen molar-refractivity contribution in [3.05, 3.63) is 11.1 Å². The number of thiazole rings is 1. The third-order valence-corrected chi connectivity index (χ3v) is 2.13. The molecule has 0 aromatic carbocycles. The molecule has 0 saturated carbocycles. The van der Waals surface area contributed by atoms with Gasteiger partial charge in [0, 0.05) is 5.38 Å². The van der Waals surface area contributed by atoms with Crippen LogP contribution in [0.25, 0.3) is 0 Å². The number of aromatic nitrogens is 1. The van der Waals surface area contributed by atoms with Crippen LogP contribution in [0.3, 0.4) is 0 Å². The van der Waals surface area contributed by atoms with Crippen molar-refractivity contribution < 1.29 is 14.4 Å². The van der Waals surface area contributed by atoms with E-state index in [1.807, 2.05) is 0 Å². The highest BCUT2D eigenvalue weighted by Gasteiger charge is 2.08. The first-order valence-corrected chi connectivity index (χ1v) is 5.01. The third kappa shape index (κ3) is 3.13. The first-order chi connectivity index (χ1) is 7.31. The molecule has 0 fully saturated rings. The van der Waals surface area contributed by atoms with Crippen LogP contribution in [-0.2, 0) is 14.4 Å². The summed E-state index contributed by atoms with van der Waals surface area (Å²) in [6.45, 7) is 2.13. The minimum Gasteiger partial charge on any atom is -0.395 e. The van der Waals surface area contributed by atoms with Gasteiger partial charge >= 0.3 is 0 Å². The summed E-state index contributed by atoms with van der Waals surface area (Å²) >= 11 is 1.20. The van der Waals surface area contributed by atoms with Gasteiger partial charge in [-0.15, -0.1) is 11.3 Å². The lowest BCUT2D eigenvalue weighted by atomic mass is 10.3. The van der Waals surface area contributed by atoms with Crippen molar-refractivity contribution in [3.63, 3.8) is 0 Å². The maximum atomic E-state index is 10.6. The fourth-order valence-electron chi connectivity index (χ4n) is 0.771. The number of carbonyl (C=O) groups is 2. The average Bonchev–Trinajstić information content (AvgIpc) is 2.68. The zero-order chi connectivity index (χ0) is 11.1. The maximum absolute atomic E-state index is 10.6. The molecule has 0 aliphatic heterocycles. The number of amides is 1. The predicted octanol–water partition coefficient (Wildman–Crippen LogP) is 0.651. The second-order valence-corrected chi connectivity index (χ2v) is 3.17. The van der Waals surface area contributed by atoms with Gasteiger partial charge in [0.05, 0.1) is 0 Å². The van der Waals surface area contributed by atoms with Gasteiger partial charge < -0.3 is 10.2 Å². The lowest BCUT2D eigenvalue weighted by Gasteiger charge is -1.94. The molecule has 15 heavy (non-hydrogen) atoms. The third-order valence-electron chi connectivity index (χ3n) is 1.35. The Morgan fingerprint density at radius 2 is 2.53 bits per heavy atom. The molecule has 0 spiro atoms. The molecule has 1 amide bonds. The van der Waals surface area contributed by atoms with E-state index in [2.05, 4.69) is 15.5 Å².